The number of hydrogen-bond acceptors (Lipinski definition) is 3. The second kappa shape index (κ2) is 42.2. The standard InChI is InChI=1S/C42H78O3S.C9H21N/c1-4-7-10-13-16-19-22-25-28-31-34-39-37-38-42(46(43,44)45)41(36-33-30-27-24-21-18-15-12-9-6-3)40(39)35-32-29-26-23-20-17-14-11-8-5-2;1-3-4-5-6-7-8-9-10-2/h37-38H,4-36H2,1-3H3,(H,43,44,45);10H,3-9H2,1-2H3. The van der Waals surface area contributed by atoms with Gasteiger partial charge in [-0.3, -0.25) is 0 Å². The van der Waals surface area contributed by atoms with Crippen LogP contribution in [0, 0.1) is 0 Å². The van der Waals surface area contributed by atoms with Gasteiger partial charge in [0.25, 0.3) is 0 Å². The number of aryl methyl sites for hydroxylation is 1. The van der Waals surface area contributed by atoms with Gasteiger partial charge in [-0.25, -0.2) is 8.42 Å². The van der Waals surface area contributed by atoms with Gasteiger partial charge in [0.2, 0.25) is 0 Å². The maximum absolute atomic E-state index is 12.4. The molecule has 0 amide bonds. The highest BCUT2D eigenvalue weighted by Crippen LogP contribution is 2.29. The van der Waals surface area contributed by atoms with Crippen molar-refractivity contribution < 1.29 is 18.3 Å². The average molecular weight is 806 g/mol. The maximum Gasteiger partial charge on any atom is 0.124 e. The molecule has 0 heterocycles. The van der Waals surface area contributed by atoms with Crippen LogP contribution in [0.3, 0.4) is 0 Å². The highest BCUT2D eigenvalue weighted by molar-refractivity contribution is 7.85. The second-order valence-electron chi connectivity index (χ2n) is 17.4. The van der Waals surface area contributed by atoms with Crippen LogP contribution in [0.4, 0.5) is 0 Å². The van der Waals surface area contributed by atoms with E-state index in [1.165, 1.54) is 223 Å². The van der Waals surface area contributed by atoms with Crippen molar-refractivity contribution in [1.82, 2.24) is 0 Å². The molecule has 0 atom stereocenters. The molecule has 0 unspecified atom stereocenters. The molecule has 1 aromatic carbocycles. The van der Waals surface area contributed by atoms with Crippen molar-refractivity contribution in [3.05, 3.63) is 28.8 Å². The fourth-order valence-corrected chi connectivity index (χ4v) is 9.05. The third kappa shape index (κ3) is 34.0. The minimum atomic E-state index is -4.48. The highest BCUT2D eigenvalue weighted by Gasteiger charge is 2.17. The van der Waals surface area contributed by atoms with Gasteiger partial charge in [-0.1, -0.05) is 233 Å². The molecule has 0 radical (unpaired) electrons. The van der Waals surface area contributed by atoms with E-state index in [9.17, 15) is 13.0 Å². The first-order chi connectivity index (χ1) is 27.4. The van der Waals surface area contributed by atoms with E-state index in [-0.39, 0.29) is 4.90 Å². The largest absolute Gasteiger partial charge is 0.744 e. The minimum Gasteiger partial charge on any atom is -0.744 e. The summed E-state index contributed by atoms with van der Waals surface area (Å²) in [5.41, 5.74) is 3.39. The Hall–Kier alpha value is -0.910. The van der Waals surface area contributed by atoms with Gasteiger partial charge in [-0.05, 0) is 74.1 Å². The summed E-state index contributed by atoms with van der Waals surface area (Å²) >= 11 is 0. The van der Waals surface area contributed by atoms with Crippen molar-refractivity contribution in [3.63, 3.8) is 0 Å². The minimum absolute atomic E-state index is 0.0670. The summed E-state index contributed by atoms with van der Waals surface area (Å²) < 4.78 is 37.3. The van der Waals surface area contributed by atoms with Crippen molar-refractivity contribution in [2.24, 2.45) is 0 Å². The Balaban J connectivity index is 0.00000264. The highest BCUT2D eigenvalue weighted by atomic mass is 32.2. The molecule has 56 heavy (non-hydrogen) atoms. The molecule has 0 aliphatic carbocycles. The number of nitrogens with two attached hydrogens (primary N) is 1. The number of hydrogen-bond donors (Lipinski definition) is 1. The number of unbranched alkanes of at least 4 members (excludes halogenated alkanes) is 32. The van der Waals surface area contributed by atoms with Gasteiger partial charge in [0.15, 0.2) is 0 Å². The number of rotatable bonds is 41. The van der Waals surface area contributed by atoms with Crippen molar-refractivity contribution in [2.45, 2.75) is 283 Å². The number of quaternary nitrogens is 1. The van der Waals surface area contributed by atoms with E-state index in [4.69, 9.17) is 0 Å². The Kier molecular flexibility index (Phi) is 41.5. The van der Waals surface area contributed by atoms with Crippen molar-refractivity contribution >= 4 is 10.1 Å². The third-order valence-corrected chi connectivity index (χ3v) is 12.9. The summed E-state index contributed by atoms with van der Waals surface area (Å²) in [5, 5.41) is 2.26. The summed E-state index contributed by atoms with van der Waals surface area (Å²) in [4.78, 5) is 0.0670. The Morgan fingerprint density at radius 2 is 0.679 bits per heavy atom. The second-order valence-corrected chi connectivity index (χ2v) is 18.7. The Bertz CT molecular complexity index is 1050. The van der Waals surface area contributed by atoms with Gasteiger partial charge in [0.1, 0.15) is 10.1 Å². The zero-order valence-electron chi connectivity index (χ0n) is 38.6. The molecule has 0 aliphatic heterocycles. The van der Waals surface area contributed by atoms with E-state index in [0.29, 0.717) is 0 Å². The lowest BCUT2D eigenvalue weighted by Gasteiger charge is -2.21. The first-order valence-corrected chi connectivity index (χ1v) is 26.6. The molecule has 1 rings (SSSR count). The molecule has 0 aliphatic rings. The van der Waals surface area contributed by atoms with Crippen LogP contribution in [0.15, 0.2) is 17.0 Å². The predicted molar refractivity (Wildman–Crippen MR) is 247 cm³/mol. The van der Waals surface area contributed by atoms with Gasteiger partial charge >= 0.3 is 0 Å². The normalized spacial score (nSPS) is 11.6. The summed E-state index contributed by atoms with van der Waals surface area (Å²) in [6.45, 7) is 10.4. The molecule has 0 saturated heterocycles. The lowest BCUT2D eigenvalue weighted by Crippen LogP contribution is -2.79. The fourth-order valence-electron chi connectivity index (χ4n) is 8.28. The van der Waals surface area contributed by atoms with Crippen LogP contribution in [0.25, 0.3) is 0 Å². The van der Waals surface area contributed by atoms with E-state index in [1.54, 1.807) is 6.07 Å². The van der Waals surface area contributed by atoms with Crippen LogP contribution >= 0.6 is 0 Å². The molecule has 0 saturated carbocycles. The van der Waals surface area contributed by atoms with Crippen molar-refractivity contribution in [3.8, 4) is 0 Å². The number of benzene rings is 1. The van der Waals surface area contributed by atoms with Crippen LogP contribution in [0.2, 0.25) is 0 Å². The molecule has 4 nitrogen and oxygen atoms in total. The molecule has 1 aromatic rings. The molecule has 5 heteroatoms. The smallest absolute Gasteiger partial charge is 0.124 e. The fraction of sp³-hybridized carbons (Fsp3) is 0.882. The van der Waals surface area contributed by atoms with E-state index in [1.807, 2.05) is 6.07 Å². The van der Waals surface area contributed by atoms with E-state index >= 15 is 0 Å². The SMILES string of the molecule is CCCCCCCCCCCCc1ccc(S(=O)(=O)[O-])c(CCCCCCCCCCCC)c1CCCCCCCCCCCC.CCCCCCCC[NH2+]C. The lowest BCUT2D eigenvalue weighted by atomic mass is 9.90. The lowest BCUT2D eigenvalue weighted by molar-refractivity contribution is -0.627. The summed E-state index contributed by atoms with van der Waals surface area (Å²) in [6.07, 6.45) is 49.9. The van der Waals surface area contributed by atoms with Crippen LogP contribution < -0.4 is 5.32 Å². The average Bonchev–Trinajstić information content (AvgIpc) is 3.18. The summed E-state index contributed by atoms with van der Waals surface area (Å²) in [7, 11) is -2.34. The van der Waals surface area contributed by atoms with Gasteiger partial charge in [0, 0.05) is 0 Å². The Morgan fingerprint density at radius 3 is 1.00 bits per heavy atom. The molecule has 0 fully saturated rings. The molecule has 2 N–H and O–H groups in total. The van der Waals surface area contributed by atoms with Crippen LogP contribution in [-0.4, -0.2) is 26.6 Å². The Labute approximate surface area is 352 Å². The molecule has 0 bridgehead atoms. The van der Waals surface area contributed by atoms with Crippen LogP contribution in [-0.2, 0) is 29.4 Å². The Morgan fingerprint density at radius 1 is 0.393 bits per heavy atom. The van der Waals surface area contributed by atoms with E-state index < -0.39 is 10.1 Å². The predicted octanol–water partition coefficient (Wildman–Crippen LogP) is 15.5. The van der Waals surface area contributed by atoms with Gasteiger partial charge < -0.3 is 9.87 Å². The summed E-state index contributed by atoms with van der Waals surface area (Å²) in [6, 6.07) is 3.65. The first kappa shape index (κ1) is 55.1. The monoisotopic (exact) mass is 806 g/mol. The van der Waals surface area contributed by atoms with Crippen LogP contribution in [0.5, 0.6) is 0 Å². The molecular formula is C51H99NO3S. The van der Waals surface area contributed by atoms with E-state index in [2.05, 4.69) is 40.1 Å². The van der Waals surface area contributed by atoms with Crippen molar-refractivity contribution in [2.75, 3.05) is 13.6 Å². The zero-order chi connectivity index (χ0) is 41.2. The van der Waals surface area contributed by atoms with Gasteiger partial charge in [-0.15, -0.1) is 0 Å². The molecule has 332 valence electrons. The quantitative estimate of drug-likeness (QED) is 0.0529. The third-order valence-electron chi connectivity index (χ3n) is 12.0. The van der Waals surface area contributed by atoms with Gasteiger partial charge in [0.05, 0.1) is 18.5 Å². The first-order valence-electron chi connectivity index (χ1n) is 25.2. The summed E-state index contributed by atoms with van der Waals surface area (Å²) in [5.74, 6) is 0. The maximum atomic E-state index is 12.4. The molecule has 0 aromatic heterocycles. The topological polar surface area (TPSA) is 73.8 Å². The molecule has 0 spiro atoms. The van der Waals surface area contributed by atoms with E-state index in [0.717, 1.165) is 50.5 Å². The van der Waals surface area contributed by atoms with Crippen molar-refractivity contribution in [1.29, 1.82) is 0 Å². The van der Waals surface area contributed by atoms with Gasteiger partial charge in [-0.2, -0.15) is 0 Å². The van der Waals surface area contributed by atoms with Crippen LogP contribution in [0.1, 0.15) is 276 Å². The zero-order valence-corrected chi connectivity index (χ0v) is 39.5. The molecular weight excluding hydrogens is 707 g/mol.